The lowest BCUT2D eigenvalue weighted by molar-refractivity contribution is 0.0697. The molecule has 2 rings (SSSR count). The second-order valence-electron chi connectivity index (χ2n) is 3.24. The maximum Gasteiger partial charge on any atom is 0.335 e. The van der Waals surface area contributed by atoms with Crippen LogP contribution in [0.4, 0.5) is 0 Å². The average molecular weight is 189 g/mol. The van der Waals surface area contributed by atoms with E-state index in [2.05, 4.69) is 4.98 Å². The molecule has 0 fully saturated rings. The Morgan fingerprint density at radius 2 is 2.29 bits per heavy atom. The highest BCUT2D eigenvalue weighted by Gasteiger charge is 2.08. The molecule has 14 heavy (non-hydrogen) atoms. The van der Waals surface area contributed by atoms with Crippen LogP contribution in [-0.2, 0) is 6.42 Å². The Bertz CT molecular complexity index is 485. The number of carbonyl (C=O) groups is 1. The molecule has 0 aliphatic carbocycles. The van der Waals surface area contributed by atoms with E-state index in [1.807, 2.05) is 19.2 Å². The van der Waals surface area contributed by atoms with Gasteiger partial charge in [-0.1, -0.05) is 6.92 Å². The molecule has 0 radical (unpaired) electrons. The molecule has 0 saturated carbocycles. The molecule has 0 aliphatic heterocycles. The Labute approximate surface area is 81.4 Å². The third-order valence-corrected chi connectivity index (χ3v) is 2.37. The molecule has 0 aliphatic rings. The smallest absolute Gasteiger partial charge is 0.335 e. The summed E-state index contributed by atoms with van der Waals surface area (Å²) in [6, 6.07) is 5.30. The highest BCUT2D eigenvalue weighted by atomic mass is 16.4. The first-order valence-corrected chi connectivity index (χ1v) is 4.55. The van der Waals surface area contributed by atoms with Crippen molar-refractivity contribution in [2.24, 2.45) is 0 Å². The van der Waals surface area contributed by atoms with Crippen molar-refractivity contribution in [2.45, 2.75) is 13.3 Å². The van der Waals surface area contributed by atoms with E-state index in [0.29, 0.717) is 5.56 Å². The highest BCUT2D eigenvalue weighted by molar-refractivity contribution is 5.94. The molecular formula is C11H11NO2. The number of carboxylic acid groups (broad SMARTS) is 1. The predicted molar refractivity (Wildman–Crippen MR) is 54.6 cm³/mol. The molecule has 0 saturated heterocycles. The zero-order chi connectivity index (χ0) is 10.1. The molecule has 0 atom stereocenters. The van der Waals surface area contributed by atoms with Crippen molar-refractivity contribution in [3.63, 3.8) is 0 Å². The number of benzene rings is 1. The summed E-state index contributed by atoms with van der Waals surface area (Å²) < 4.78 is 0. The fraction of sp³-hybridized carbons (Fsp3) is 0.182. The molecule has 3 nitrogen and oxygen atoms in total. The second kappa shape index (κ2) is 3.18. The number of hydrogen-bond acceptors (Lipinski definition) is 1. The number of carboxylic acids is 1. The molecule has 2 N–H and O–H groups in total. The summed E-state index contributed by atoms with van der Waals surface area (Å²) in [5.41, 5.74) is 2.44. The number of aromatic amines is 1. The van der Waals surface area contributed by atoms with E-state index in [1.165, 1.54) is 0 Å². The van der Waals surface area contributed by atoms with Crippen LogP contribution < -0.4 is 0 Å². The molecule has 1 heterocycles. The Kier molecular flexibility index (Phi) is 2.00. The third-order valence-electron chi connectivity index (χ3n) is 2.37. The van der Waals surface area contributed by atoms with Crippen LogP contribution in [0, 0.1) is 0 Å². The first-order valence-electron chi connectivity index (χ1n) is 4.55. The van der Waals surface area contributed by atoms with Crippen LogP contribution >= 0.6 is 0 Å². The largest absolute Gasteiger partial charge is 0.478 e. The van der Waals surface area contributed by atoms with Gasteiger partial charge in [-0.3, -0.25) is 0 Å². The minimum absolute atomic E-state index is 0.356. The van der Waals surface area contributed by atoms with Crippen LogP contribution in [0.5, 0.6) is 0 Å². The van der Waals surface area contributed by atoms with Gasteiger partial charge in [-0.05, 0) is 30.2 Å². The van der Waals surface area contributed by atoms with Crippen molar-refractivity contribution in [2.75, 3.05) is 0 Å². The fourth-order valence-electron chi connectivity index (χ4n) is 1.65. The highest BCUT2D eigenvalue weighted by Crippen LogP contribution is 2.20. The van der Waals surface area contributed by atoms with Gasteiger partial charge in [0.15, 0.2) is 0 Å². The van der Waals surface area contributed by atoms with Crippen LogP contribution in [0.1, 0.15) is 22.8 Å². The maximum atomic E-state index is 10.8. The number of hydrogen-bond donors (Lipinski definition) is 2. The fourth-order valence-corrected chi connectivity index (χ4v) is 1.65. The lowest BCUT2D eigenvalue weighted by atomic mass is 10.1. The molecule has 3 heteroatoms. The minimum Gasteiger partial charge on any atom is -0.478 e. The van der Waals surface area contributed by atoms with E-state index in [0.717, 1.165) is 22.9 Å². The van der Waals surface area contributed by atoms with Gasteiger partial charge in [-0.25, -0.2) is 4.79 Å². The SMILES string of the molecule is CCc1cc(C(=O)O)cc2cc[nH]c12. The van der Waals surface area contributed by atoms with Gasteiger partial charge in [0.25, 0.3) is 0 Å². The number of aryl methyl sites for hydroxylation is 1. The van der Waals surface area contributed by atoms with Crippen LogP contribution in [0.2, 0.25) is 0 Å². The van der Waals surface area contributed by atoms with E-state index < -0.39 is 5.97 Å². The third kappa shape index (κ3) is 1.27. The van der Waals surface area contributed by atoms with Crippen molar-refractivity contribution in [1.82, 2.24) is 4.98 Å². The van der Waals surface area contributed by atoms with E-state index in [-0.39, 0.29) is 0 Å². The van der Waals surface area contributed by atoms with Gasteiger partial charge >= 0.3 is 5.97 Å². The molecule has 72 valence electrons. The zero-order valence-electron chi connectivity index (χ0n) is 7.87. The summed E-state index contributed by atoms with van der Waals surface area (Å²) in [7, 11) is 0. The van der Waals surface area contributed by atoms with Gasteiger partial charge in [0, 0.05) is 17.1 Å². The first-order chi connectivity index (χ1) is 6.72. The standard InChI is InChI=1S/C11H11NO2/c1-2-7-5-9(11(13)14)6-8-3-4-12-10(7)8/h3-6,12H,2H2,1H3,(H,13,14). The number of H-pyrrole nitrogens is 1. The summed E-state index contributed by atoms with van der Waals surface area (Å²) in [6.07, 6.45) is 2.66. The first kappa shape index (κ1) is 8.81. The van der Waals surface area contributed by atoms with Crippen LogP contribution in [0.25, 0.3) is 10.9 Å². The van der Waals surface area contributed by atoms with Gasteiger partial charge in [0.05, 0.1) is 5.56 Å². The van der Waals surface area contributed by atoms with Gasteiger partial charge in [0.1, 0.15) is 0 Å². The van der Waals surface area contributed by atoms with E-state index >= 15 is 0 Å². The zero-order valence-corrected chi connectivity index (χ0v) is 7.87. The summed E-state index contributed by atoms with van der Waals surface area (Å²) in [5, 5.41) is 9.85. The normalized spacial score (nSPS) is 10.6. The molecule has 2 aromatic rings. The topological polar surface area (TPSA) is 53.1 Å². The van der Waals surface area contributed by atoms with Crippen LogP contribution in [0.15, 0.2) is 24.4 Å². The molecule has 1 aromatic heterocycles. The number of nitrogens with one attached hydrogen (secondary N) is 1. The Hall–Kier alpha value is -1.77. The molecule has 0 unspecified atom stereocenters. The van der Waals surface area contributed by atoms with Gasteiger partial charge in [-0.15, -0.1) is 0 Å². The van der Waals surface area contributed by atoms with E-state index in [4.69, 9.17) is 5.11 Å². The number of aromatic nitrogens is 1. The Morgan fingerprint density at radius 1 is 1.50 bits per heavy atom. The molecular weight excluding hydrogens is 178 g/mol. The molecule has 0 bridgehead atoms. The number of rotatable bonds is 2. The van der Waals surface area contributed by atoms with E-state index in [1.54, 1.807) is 12.1 Å². The number of aromatic carboxylic acids is 1. The quantitative estimate of drug-likeness (QED) is 0.762. The summed E-state index contributed by atoms with van der Waals surface area (Å²) in [5.74, 6) is -0.872. The number of fused-ring (bicyclic) bond motifs is 1. The van der Waals surface area contributed by atoms with Crippen LogP contribution in [0.3, 0.4) is 0 Å². The van der Waals surface area contributed by atoms with Crippen molar-refractivity contribution >= 4 is 16.9 Å². The minimum atomic E-state index is -0.872. The monoisotopic (exact) mass is 189 g/mol. The summed E-state index contributed by atoms with van der Waals surface area (Å²) in [6.45, 7) is 2.02. The molecule has 0 amide bonds. The Morgan fingerprint density at radius 3 is 2.93 bits per heavy atom. The van der Waals surface area contributed by atoms with Gasteiger partial charge < -0.3 is 10.1 Å². The van der Waals surface area contributed by atoms with Crippen LogP contribution in [-0.4, -0.2) is 16.1 Å². The average Bonchev–Trinajstić information content (AvgIpc) is 2.63. The molecule has 1 aromatic carbocycles. The van der Waals surface area contributed by atoms with E-state index in [9.17, 15) is 4.79 Å². The predicted octanol–water partition coefficient (Wildman–Crippen LogP) is 2.43. The summed E-state index contributed by atoms with van der Waals surface area (Å²) in [4.78, 5) is 13.9. The van der Waals surface area contributed by atoms with Crippen molar-refractivity contribution in [3.05, 3.63) is 35.5 Å². The maximum absolute atomic E-state index is 10.8. The second-order valence-corrected chi connectivity index (χ2v) is 3.24. The molecule has 0 spiro atoms. The van der Waals surface area contributed by atoms with Crippen molar-refractivity contribution in [1.29, 1.82) is 0 Å². The van der Waals surface area contributed by atoms with Crippen molar-refractivity contribution < 1.29 is 9.90 Å². The van der Waals surface area contributed by atoms with Crippen molar-refractivity contribution in [3.8, 4) is 0 Å². The summed E-state index contributed by atoms with van der Waals surface area (Å²) >= 11 is 0. The Balaban J connectivity index is 2.73. The lowest BCUT2D eigenvalue weighted by Crippen LogP contribution is -1.97. The van der Waals surface area contributed by atoms with Gasteiger partial charge in [0.2, 0.25) is 0 Å². The lowest BCUT2D eigenvalue weighted by Gasteiger charge is -2.02. The van der Waals surface area contributed by atoms with Gasteiger partial charge in [-0.2, -0.15) is 0 Å².